The Morgan fingerprint density at radius 3 is 2.77 bits per heavy atom. The third kappa shape index (κ3) is 3.24. The summed E-state index contributed by atoms with van der Waals surface area (Å²) in [5.74, 6) is -1.25. The third-order valence-corrected chi connectivity index (χ3v) is 5.13. The molecule has 0 saturated carbocycles. The zero-order chi connectivity index (χ0) is 18.9. The Bertz CT molecular complexity index is 847. The molecule has 3 rings (SSSR count). The number of carbonyl (C=O) groups excluding carboxylic acids is 1. The number of hydrogen-bond donors (Lipinski definition) is 2. The van der Waals surface area contributed by atoms with Crippen LogP contribution in [0.1, 0.15) is 36.1 Å². The molecule has 0 spiro atoms. The molecule has 26 heavy (non-hydrogen) atoms. The second kappa shape index (κ2) is 7.02. The highest BCUT2D eigenvalue weighted by Crippen LogP contribution is 2.46. The molecule has 0 fully saturated rings. The number of Topliss-reactive ketones (excluding diaryl/α,β-unsaturated/α-hetero) is 1. The van der Waals surface area contributed by atoms with Crippen molar-refractivity contribution in [3.05, 3.63) is 64.2 Å². The van der Waals surface area contributed by atoms with Crippen molar-refractivity contribution in [2.45, 2.75) is 37.0 Å². The van der Waals surface area contributed by atoms with Gasteiger partial charge in [0.1, 0.15) is 11.4 Å². The van der Waals surface area contributed by atoms with Crippen LogP contribution in [0.3, 0.4) is 0 Å². The molecule has 0 unspecified atom stereocenters. The Balaban J connectivity index is 1.85. The zero-order valence-corrected chi connectivity index (χ0v) is 14.6. The Hall–Kier alpha value is -1.89. The standard InChI is InChI=1S/C19H18ClF2NO3/c20-13-5-3-12(15(21)10-13)4-6-16(25)19(22)8-7-18(26,11-24)17-14(19)2-1-9-23-17/h1-3,5,9-10,24,26H,4,6-8,11H2/t18-,19-/m0/s1. The SMILES string of the molecule is O=C(CCc1ccc(Cl)cc1F)[C@]1(F)CC[C@](O)(CO)c2ncccc21. The second-order valence-electron chi connectivity index (χ2n) is 6.55. The number of ketones is 1. The smallest absolute Gasteiger partial charge is 0.195 e. The fourth-order valence-corrected chi connectivity index (χ4v) is 3.50. The lowest BCUT2D eigenvalue weighted by molar-refractivity contribution is -0.135. The molecule has 1 aliphatic carbocycles. The number of aliphatic hydroxyl groups is 2. The van der Waals surface area contributed by atoms with Crippen LogP contribution in [-0.4, -0.2) is 27.6 Å². The molecule has 2 N–H and O–H groups in total. The van der Waals surface area contributed by atoms with Crippen LogP contribution >= 0.6 is 11.6 Å². The molecule has 0 saturated heterocycles. The maximum Gasteiger partial charge on any atom is 0.195 e. The number of rotatable bonds is 5. The Labute approximate surface area is 154 Å². The maximum absolute atomic E-state index is 15.6. The van der Waals surface area contributed by atoms with Crippen LogP contribution in [0.4, 0.5) is 8.78 Å². The van der Waals surface area contributed by atoms with Gasteiger partial charge < -0.3 is 10.2 Å². The van der Waals surface area contributed by atoms with E-state index in [0.717, 1.165) is 6.07 Å². The largest absolute Gasteiger partial charge is 0.393 e. The molecule has 7 heteroatoms. The van der Waals surface area contributed by atoms with Crippen molar-refractivity contribution >= 4 is 17.4 Å². The molecule has 138 valence electrons. The molecule has 0 bridgehead atoms. The molecule has 1 aromatic carbocycles. The minimum atomic E-state index is -2.33. The number of carbonyl (C=O) groups is 1. The van der Waals surface area contributed by atoms with Crippen molar-refractivity contribution in [1.82, 2.24) is 4.98 Å². The third-order valence-electron chi connectivity index (χ3n) is 4.90. The van der Waals surface area contributed by atoms with Gasteiger partial charge in [0.25, 0.3) is 0 Å². The van der Waals surface area contributed by atoms with Crippen LogP contribution in [0.2, 0.25) is 5.02 Å². The van der Waals surface area contributed by atoms with Crippen molar-refractivity contribution in [3.8, 4) is 0 Å². The maximum atomic E-state index is 15.6. The van der Waals surface area contributed by atoms with Crippen LogP contribution in [0.25, 0.3) is 0 Å². The first kappa shape index (κ1) is 18.9. The number of aryl methyl sites for hydroxylation is 1. The van der Waals surface area contributed by atoms with E-state index in [-0.39, 0.29) is 47.5 Å². The second-order valence-corrected chi connectivity index (χ2v) is 6.99. The Morgan fingerprint density at radius 1 is 1.31 bits per heavy atom. The van der Waals surface area contributed by atoms with Crippen molar-refractivity contribution in [2.24, 2.45) is 0 Å². The first-order valence-corrected chi connectivity index (χ1v) is 8.63. The van der Waals surface area contributed by atoms with Gasteiger partial charge in [0.05, 0.1) is 12.3 Å². The lowest BCUT2D eigenvalue weighted by atomic mass is 9.72. The number of fused-ring (bicyclic) bond motifs is 1. The molecule has 2 aromatic rings. The van der Waals surface area contributed by atoms with Gasteiger partial charge in [-0.1, -0.05) is 23.7 Å². The fraction of sp³-hybridized carbons (Fsp3) is 0.368. The van der Waals surface area contributed by atoms with Gasteiger partial charge >= 0.3 is 0 Å². The van der Waals surface area contributed by atoms with Crippen LogP contribution in [0.15, 0.2) is 36.5 Å². The molecule has 0 aliphatic heterocycles. The minimum Gasteiger partial charge on any atom is -0.393 e. The fourth-order valence-electron chi connectivity index (χ4n) is 3.34. The number of nitrogens with zero attached hydrogens (tertiary/aromatic N) is 1. The van der Waals surface area contributed by atoms with Gasteiger partial charge in [-0.25, -0.2) is 8.78 Å². The summed E-state index contributed by atoms with van der Waals surface area (Å²) in [6, 6.07) is 6.99. The summed E-state index contributed by atoms with van der Waals surface area (Å²) in [5, 5.41) is 20.2. The van der Waals surface area contributed by atoms with E-state index in [9.17, 15) is 19.4 Å². The normalized spacial score (nSPS) is 25.0. The van der Waals surface area contributed by atoms with Gasteiger partial charge in [-0.2, -0.15) is 0 Å². The van der Waals surface area contributed by atoms with E-state index in [2.05, 4.69) is 4.98 Å². The van der Waals surface area contributed by atoms with E-state index in [4.69, 9.17) is 11.6 Å². The van der Waals surface area contributed by atoms with E-state index in [1.807, 2.05) is 0 Å². The highest BCUT2D eigenvalue weighted by Gasteiger charge is 2.51. The summed E-state index contributed by atoms with van der Waals surface area (Å²) in [7, 11) is 0. The first-order chi connectivity index (χ1) is 12.3. The van der Waals surface area contributed by atoms with Crippen LogP contribution in [0, 0.1) is 5.82 Å². The molecule has 0 amide bonds. The predicted octanol–water partition coefficient (Wildman–Crippen LogP) is 3.21. The number of hydrogen-bond acceptors (Lipinski definition) is 4. The summed E-state index contributed by atoms with van der Waals surface area (Å²) in [4.78, 5) is 16.6. The van der Waals surface area contributed by atoms with Gasteiger partial charge in [0.2, 0.25) is 0 Å². The minimum absolute atomic E-state index is 0.0257. The van der Waals surface area contributed by atoms with E-state index < -0.39 is 29.5 Å². The molecule has 1 heterocycles. The monoisotopic (exact) mass is 381 g/mol. The van der Waals surface area contributed by atoms with Crippen molar-refractivity contribution < 1.29 is 23.8 Å². The Kier molecular flexibility index (Phi) is 5.10. The average Bonchev–Trinajstić information content (AvgIpc) is 2.64. The van der Waals surface area contributed by atoms with Crippen molar-refractivity contribution in [3.63, 3.8) is 0 Å². The zero-order valence-electron chi connectivity index (χ0n) is 13.9. The van der Waals surface area contributed by atoms with Crippen LogP contribution in [-0.2, 0) is 22.5 Å². The first-order valence-electron chi connectivity index (χ1n) is 8.25. The predicted molar refractivity (Wildman–Crippen MR) is 92.0 cm³/mol. The summed E-state index contributed by atoms with van der Waals surface area (Å²) in [6.07, 6.45) is 0.794. The summed E-state index contributed by atoms with van der Waals surface area (Å²) < 4.78 is 29.5. The summed E-state index contributed by atoms with van der Waals surface area (Å²) in [5.41, 5.74) is -3.78. The van der Waals surface area contributed by atoms with Gasteiger partial charge in [-0.05, 0) is 43.0 Å². The highest BCUT2D eigenvalue weighted by molar-refractivity contribution is 6.30. The van der Waals surface area contributed by atoms with E-state index in [0.29, 0.717) is 0 Å². The topological polar surface area (TPSA) is 70.4 Å². The van der Waals surface area contributed by atoms with Crippen molar-refractivity contribution in [2.75, 3.05) is 6.61 Å². The molecule has 2 atom stereocenters. The van der Waals surface area contributed by atoms with Gasteiger partial charge in [-0.15, -0.1) is 0 Å². The molecular formula is C19H18ClF2NO3. The number of benzene rings is 1. The number of halogens is 3. The number of aromatic nitrogens is 1. The quantitative estimate of drug-likeness (QED) is 0.834. The van der Waals surface area contributed by atoms with Gasteiger partial charge in [-0.3, -0.25) is 9.78 Å². The summed E-state index contributed by atoms with van der Waals surface area (Å²) in [6.45, 7) is -0.614. The van der Waals surface area contributed by atoms with Crippen LogP contribution < -0.4 is 0 Å². The van der Waals surface area contributed by atoms with E-state index in [1.54, 1.807) is 0 Å². The van der Waals surface area contributed by atoms with Gasteiger partial charge in [0, 0.05) is 23.2 Å². The molecular weight excluding hydrogens is 364 g/mol. The van der Waals surface area contributed by atoms with Crippen LogP contribution in [0.5, 0.6) is 0 Å². The lowest BCUT2D eigenvalue weighted by Gasteiger charge is -2.38. The lowest BCUT2D eigenvalue weighted by Crippen LogP contribution is -2.45. The Morgan fingerprint density at radius 2 is 2.08 bits per heavy atom. The molecule has 1 aliphatic rings. The number of aliphatic hydroxyl groups excluding tert-OH is 1. The molecule has 0 radical (unpaired) electrons. The van der Waals surface area contributed by atoms with Gasteiger partial charge in [0.15, 0.2) is 11.5 Å². The number of alkyl halides is 1. The average molecular weight is 382 g/mol. The van der Waals surface area contributed by atoms with E-state index >= 15 is 4.39 Å². The highest BCUT2D eigenvalue weighted by atomic mass is 35.5. The number of pyridine rings is 1. The molecule has 1 aromatic heterocycles. The summed E-state index contributed by atoms with van der Waals surface area (Å²) >= 11 is 5.70. The molecule has 4 nitrogen and oxygen atoms in total. The van der Waals surface area contributed by atoms with E-state index in [1.165, 1.54) is 30.5 Å². The van der Waals surface area contributed by atoms with Crippen molar-refractivity contribution in [1.29, 1.82) is 0 Å².